The summed E-state index contributed by atoms with van der Waals surface area (Å²) in [5, 5.41) is 16.6. The Kier molecular flexibility index (Phi) is 8.44. The number of benzene rings is 1. The van der Waals surface area contributed by atoms with Crippen molar-refractivity contribution in [3.8, 4) is 5.69 Å². The first-order valence-corrected chi connectivity index (χ1v) is 11.7. The van der Waals surface area contributed by atoms with E-state index in [0.29, 0.717) is 12.1 Å². The molecule has 2 heterocycles. The normalized spacial score (nSPS) is 17.1. The maximum atomic E-state index is 14.0. The van der Waals surface area contributed by atoms with Crippen molar-refractivity contribution in [1.82, 2.24) is 24.9 Å². The van der Waals surface area contributed by atoms with Crippen molar-refractivity contribution in [2.75, 3.05) is 31.9 Å². The number of hydrogen-bond donors (Lipinski definition) is 3. The highest BCUT2D eigenvalue weighted by Crippen LogP contribution is 2.32. The van der Waals surface area contributed by atoms with Crippen LogP contribution in [0.1, 0.15) is 30.1 Å². The Bertz CT molecular complexity index is 1200. The van der Waals surface area contributed by atoms with Crippen LogP contribution in [0.2, 0.25) is 0 Å². The van der Waals surface area contributed by atoms with Gasteiger partial charge in [0.15, 0.2) is 5.60 Å². The van der Waals surface area contributed by atoms with Gasteiger partial charge in [0.2, 0.25) is 11.8 Å². The number of likely N-dealkylation sites (tertiary alicyclic amines) is 1. The van der Waals surface area contributed by atoms with Gasteiger partial charge in [0, 0.05) is 13.1 Å². The van der Waals surface area contributed by atoms with Crippen LogP contribution >= 0.6 is 0 Å². The van der Waals surface area contributed by atoms with Gasteiger partial charge in [-0.25, -0.2) is 9.07 Å². The highest BCUT2D eigenvalue weighted by Gasteiger charge is 2.55. The quantitative estimate of drug-likeness (QED) is 0.327. The van der Waals surface area contributed by atoms with Gasteiger partial charge in [0.1, 0.15) is 23.2 Å². The van der Waals surface area contributed by atoms with Crippen LogP contribution in [0.15, 0.2) is 43.1 Å². The first kappa shape index (κ1) is 28.6. The number of halogens is 4. The van der Waals surface area contributed by atoms with Crippen molar-refractivity contribution >= 4 is 23.5 Å². The van der Waals surface area contributed by atoms with Gasteiger partial charge >= 0.3 is 6.18 Å². The molecule has 0 radical (unpaired) electrons. The molecule has 0 spiro atoms. The lowest BCUT2D eigenvalue weighted by molar-refractivity contribution is -0.261. The number of nitrogens with one attached hydrogen (secondary N) is 1. The third-order valence-corrected chi connectivity index (χ3v) is 6.33. The van der Waals surface area contributed by atoms with Gasteiger partial charge < -0.3 is 26.0 Å². The SMILES string of the molecule is C=CC(=O)N1CCCC1C(=O)N(CC)CC(O)(CNC(=O)c1cnn(-c2ccc(F)cc2)c1N)C(F)(F)F. The van der Waals surface area contributed by atoms with Crippen molar-refractivity contribution in [3.05, 3.63) is 54.5 Å². The fourth-order valence-electron chi connectivity index (χ4n) is 4.16. The van der Waals surface area contributed by atoms with E-state index in [1.54, 1.807) is 0 Å². The first-order chi connectivity index (χ1) is 17.8. The molecule has 2 unspecified atom stereocenters. The predicted molar refractivity (Wildman–Crippen MR) is 128 cm³/mol. The molecular formula is C24H28F4N6O4. The van der Waals surface area contributed by atoms with Gasteiger partial charge in [0.25, 0.3) is 5.91 Å². The van der Waals surface area contributed by atoms with E-state index in [4.69, 9.17) is 5.73 Å². The Balaban J connectivity index is 1.76. The van der Waals surface area contributed by atoms with Crippen LogP contribution in [-0.4, -0.2) is 86.4 Å². The number of likely N-dealkylation sites (N-methyl/N-ethyl adjacent to an activating group) is 1. The van der Waals surface area contributed by atoms with Crippen LogP contribution in [-0.2, 0) is 9.59 Å². The lowest BCUT2D eigenvalue weighted by Gasteiger charge is -2.37. The molecule has 206 valence electrons. The molecule has 1 aliphatic rings. The van der Waals surface area contributed by atoms with Crippen LogP contribution in [0.3, 0.4) is 0 Å². The summed E-state index contributed by atoms with van der Waals surface area (Å²) in [6, 6.07) is 3.97. The Hall–Kier alpha value is -3.94. The summed E-state index contributed by atoms with van der Waals surface area (Å²) in [6.07, 6.45) is -2.45. The molecule has 4 N–H and O–H groups in total. The van der Waals surface area contributed by atoms with Crippen molar-refractivity contribution in [2.24, 2.45) is 0 Å². The number of hydrogen-bond acceptors (Lipinski definition) is 6. The number of carbonyl (C=O) groups is 3. The van der Waals surface area contributed by atoms with E-state index in [9.17, 15) is 37.1 Å². The summed E-state index contributed by atoms with van der Waals surface area (Å²) in [5.41, 5.74) is 2.45. The maximum Gasteiger partial charge on any atom is 0.420 e. The summed E-state index contributed by atoms with van der Waals surface area (Å²) >= 11 is 0. The summed E-state index contributed by atoms with van der Waals surface area (Å²) in [7, 11) is 0. The zero-order valence-corrected chi connectivity index (χ0v) is 20.5. The number of anilines is 1. The zero-order chi connectivity index (χ0) is 28.3. The summed E-state index contributed by atoms with van der Waals surface area (Å²) in [5.74, 6) is -3.06. The molecule has 1 aromatic carbocycles. The van der Waals surface area contributed by atoms with Crippen molar-refractivity contribution < 1.29 is 37.1 Å². The fourth-order valence-corrected chi connectivity index (χ4v) is 4.16. The number of nitrogen functional groups attached to an aromatic ring is 1. The molecule has 2 aromatic rings. The molecule has 0 saturated carbocycles. The second-order valence-corrected chi connectivity index (χ2v) is 8.79. The van der Waals surface area contributed by atoms with Gasteiger partial charge in [-0.2, -0.15) is 18.3 Å². The molecule has 1 saturated heterocycles. The number of nitrogens with zero attached hydrogens (tertiary/aromatic N) is 4. The number of aromatic nitrogens is 2. The first-order valence-electron chi connectivity index (χ1n) is 11.7. The maximum absolute atomic E-state index is 14.0. The van der Waals surface area contributed by atoms with E-state index in [0.717, 1.165) is 34.0 Å². The Morgan fingerprint density at radius 2 is 1.95 bits per heavy atom. The fraction of sp³-hybridized carbons (Fsp3) is 0.417. The van der Waals surface area contributed by atoms with Gasteiger partial charge in [-0.3, -0.25) is 14.4 Å². The molecular weight excluding hydrogens is 512 g/mol. The predicted octanol–water partition coefficient (Wildman–Crippen LogP) is 1.64. The van der Waals surface area contributed by atoms with Crippen LogP contribution in [0, 0.1) is 5.82 Å². The minimum absolute atomic E-state index is 0.185. The molecule has 0 aliphatic carbocycles. The van der Waals surface area contributed by atoms with E-state index in [1.807, 2.05) is 5.32 Å². The Labute approximate surface area is 215 Å². The number of amides is 3. The highest BCUT2D eigenvalue weighted by atomic mass is 19.4. The molecule has 3 amide bonds. The van der Waals surface area contributed by atoms with Gasteiger partial charge in [-0.15, -0.1) is 0 Å². The topological polar surface area (TPSA) is 134 Å². The molecule has 1 aromatic heterocycles. The molecule has 10 nitrogen and oxygen atoms in total. The average molecular weight is 541 g/mol. The van der Waals surface area contributed by atoms with E-state index in [1.165, 1.54) is 24.0 Å². The van der Waals surface area contributed by atoms with Crippen LogP contribution < -0.4 is 11.1 Å². The molecule has 3 rings (SSSR count). The third-order valence-electron chi connectivity index (χ3n) is 6.33. The number of carbonyl (C=O) groups excluding carboxylic acids is 3. The van der Waals surface area contributed by atoms with E-state index < -0.39 is 54.4 Å². The Morgan fingerprint density at radius 1 is 1.29 bits per heavy atom. The van der Waals surface area contributed by atoms with Crippen molar-refractivity contribution in [3.63, 3.8) is 0 Å². The molecule has 1 aliphatic heterocycles. The van der Waals surface area contributed by atoms with Gasteiger partial charge in [-0.05, 0) is 50.1 Å². The van der Waals surface area contributed by atoms with Gasteiger partial charge in [0.05, 0.1) is 25.0 Å². The van der Waals surface area contributed by atoms with E-state index in [-0.39, 0.29) is 30.9 Å². The number of alkyl halides is 3. The third kappa shape index (κ3) is 5.79. The summed E-state index contributed by atoms with van der Waals surface area (Å²) in [4.78, 5) is 39.8. The molecule has 0 bridgehead atoms. The molecule has 38 heavy (non-hydrogen) atoms. The van der Waals surface area contributed by atoms with Crippen molar-refractivity contribution in [1.29, 1.82) is 0 Å². The molecule has 2 atom stereocenters. The summed E-state index contributed by atoms with van der Waals surface area (Å²) in [6.45, 7) is 2.41. The lowest BCUT2D eigenvalue weighted by atomic mass is 10.0. The van der Waals surface area contributed by atoms with Crippen LogP contribution in [0.4, 0.5) is 23.4 Å². The molecule has 14 heteroatoms. The smallest absolute Gasteiger partial charge is 0.383 e. The monoisotopic (exact) mass is 540 g/mol. The minimum Gasteiger partial charge on any atom is -0.383 e. The van der Waals surface area contributed by atoms with Crippen LogP contribution in [0.25, 0.3) is 5.69 Å². The second-order valence-electron chi connectivity index (χ2n) is 8.79. The average Bonchev–Trinajstić information content (AvgIpc) is 3.52. The number of nitrogens with two attached hydrogens (primary N) is 1. The molecule has 1 fully saturated rings. The second kappa shape index (κ2) is 11.2. The number of aliphatic hydroxyl groups is 1. The van der Waals surface area contributed by atoms with Crippen LogP contribution in [0.5, 0.6) is 0 Å². The van der Waals surface area contributed by atoms with Crippen molar-refractivity contribution in [2.45, 2.75) is 37.6 Å². The van der Waals surface area contributed by atoms with E-state index >= 15 is 0 Å². The zero-order valence-electron chi connectivity index (χ0n) is 20.5. The number of rotatable bonds is 9. The lowest BCUT2D eigenvalue weighted by Crippen LogP contribution is -2.62. The standard InChI is InChI=1S/C24H28F4N6O4/c1-3-19(35)33-11-5-6-18(33)22(37)32(4-2)14-23(38,24(26,27)28)13-30-21(36)17-12-31-34(20(17)29)16-9-7-15(25)8-10-16/h3,7-10,12,18,38H,1,4-6,11,13-14,29H2,2H3,(H,30,36). The highest BCUT2D eigenvalue weighted by molar-refractivity contribution is 5.98. The summed E-state index contributed by atoms with van der Waals surface area (Å²) < 4.78 is 56.3. The van der Waals surface area contributed by atoms with E-state index in [2.05, 4.69) is 11.7 Å². The van der Waals surface area contributed by atoms with Gasteiger partial charge in [-0.1, -0.05) is 6.58 Å². The minimum atomic E-state index is -5.23. The Morgan fingerprint density at radius 3 is 2.53 bits per heavy atom. The largest absolute Gasteiger partial charge is 0.420 e.